The Labute approximate surface area is 245 Å². The molecule has 0 atom stereocenters. The number of pyridine rings is 1. The zero-order chi connectivity index (χ0) is 30.7. The molecule has 0 amide bonds. The quantitative estimate of drug-likeness (QED) is 0.191. The Morgan fingerprint density at radius 3 is 2.16 bits per heavy atom. The van der Waals surface area contributed by atoms with Crippen LogP contribution in [0.3, 0.4) is 0 Å². The van der Waals surface area contributed by atoms with Crippen molar-refractivity contribution >= 4 is 11.8 Å². The number of aromatic nitrogens is 5. The summed E-state index contributed by atoms with van der Waals surface area (Å²) >= 11 is 0. The van der Waals surface area contributed by atoms with Gasteiger partial charge in [0.05, 0.1) is 23.9 Å². The Morgan fingerprint density at radius 2 is 1.60 bits per heavy atom. The lowest BCUT2D eigenvalue weighted by Crippen LogP contribution is -2.32. The van der Waals surface area contributed by atoms with Crippen molar-refractivity contribution in [2.75, 3.05) is 22.9 Å². The summed E-state index contributed by atoms with van der Waals surface area (Å²) in [6.07, 6.45) is -2.69. The number of fused-ring (bicyclic) bond motifs is 1. The fourth-order valence-electron chi connectivity index (χ4n) is 5.74. The van der Waals surface area contributed by atoms with Gasteiger partial charge in [-0.1, -0.05) is 30.6 Å². The van der Waals surface area contributed by atoms with Crippen LogP contribution < -0.4 is 9.80 Å². The zero-order valence-electron chi connectivity index (χ0n) is 24.2. The summed E-state index contributed by atoms with van der Waals surface area (Å²) in [5.41, 5.74) is 1.30. The highest BCUT2D eigenvalue weighted by Gasteiger charge is 2.38. The second-order valence-electron chi connectivity index (χ2n) is 12.6. The van der Waals surface area contributed by atoms with Crippen LogP contribution in [0.15, 0.2) is 35.9 Å². The summed E-state index contributed by atoms with van der Waals surface area (Å²) in [4.78, 5) is 10.3. The summed E-state index contributed by atoms with van der Waals surface area (Å²) < 4.78 is 82.0. The minimum absolute atomic E-state index is 0.0962. The van der Waals surface area contributed by atoms with Crippen molar-refractivity contribution in [2.45, 2.75) is 76.8 Å². The van der Waals surface area contributed by atoms with Gasteiger partial charge in [0.2, 0.25) is 0 Å². The molecule has 3 aromatic rings. The van der Waals surface area contributed by atoms with Crippen LogP contribution in [0.1, 0.15) is 73.0 Å². The number of tetrazole rings is 1. The first kappa shape index (κ1) is 29.4. The molecule has 6 rings (SSSR count). The molecule has 230 valence electrons. The fraction of sp³-hybridized carbons (Fsp3) is 0.533. The van der Waals surface area contributed by atoms with Gasteiger partial charge in [-0.2, -0.15) is 31.1 Å². The second-order valence-corrected chi connectivity index (χ2v) is 12.6. The molecule has 3 aliphatic rings. The van der Waals surface area contributed by atoms with Crippen molar-refractivity contribution < 1.29 is 26.3 Å². The molecule has 0 unspecified atom stereocenters. The molecule has 43 heavy (non-hydrogen) atoms. The number of rotatable bonds is 10. The average molecular weight is 606 g/mol. The van der Waals surface area contributed by atoms with E-state index in [1.807, 2.05) is 0 Å². The highest BCUT2D eigenvalue weighted by Crippen LogP contribution is 2.42. The molecule has 0 N–H and O–H groups in total. The Bertz CT molecular complexity index is 1520. The molecule has 3 aliphatic carbocycles. The number of alkyl halides is 6. The van der Waals surface area contributed by atoms with E-state index in [9.17, 15) is 26.3 Å². The molecule has 2 aromatic heterocycles. The highest BCUT2D eigenvalue weighted by atomic mass is 19.4. The Morgan fingerprint density at radius 1 is 0.930 bits per heavy atom. The van der Waals surface area contributed by atoms with Gasteiger partial charge in [0.15, 0.2) is 0 Å². The first-order chi connectivity index (χ1) is 20.2. The molecule has 0 spiro atoms. The van der Waals surface area contributed by atoms with Gasteiger partial charge in [0.25, 0.3) is 5.95 Å². The monoisotopic (exact) mass is 605 g/mol. The third kappa shape index (κ3) is 6.65. The molecule has 13 heteroatoms. The summed E-state index contributed by atoms with van der Waals surface area (Å²) in [7, 11) is 1.55. The van der Waals surface area contributed by atoms with Gasteiger partial charge in [-0.3, -0.25) is 0 Å². The maximum absolute atomic E-state index is 13.7. The van der Waals surface area contributed by atoms with Crippen LogP contribution in [-0.4, -0.2) is 38.3 Å². The standard InChI is InChI=1S/C30H33F6N7/c1-28(2)9-8-21-12-22(26(37-25(21)28)42(14-18-4-5-18)15-19-6-7-19)17-43(27-38-40-41(3)39-27)16-20-10-23(29(31,32)33)13-24(11-20)30(34,35)36/h4,10-13,19H,5-9,14-17H2,1-3H3. The summed E-state index contributed by atoms with van der Waals surface area (Å²) in [5, 5.41) is 12.2. The lowest BCUT2D eigenvalue weighted by Gasteiger charge is -2.30. The number of halogens is 6. The molecule has 0 saturated heterocycles. The molecule has 7 nitrogen and oxygen atoms in total. The normalized spacial score (nSPS) is 17.6. The minimum atomic E-state index is -4.95. The smallest absolute Gasteiger partial charge is 0.352 e. The van der Waals surface area contributed by atoms with Crippen molar-refractivity contribution in [3.63, 3.8) is 0 Å². The fourth-order valence-corrected chi connectivity index (χ4v) is 5.74. The van der Waals surface area contributed by atoms with Crippen LogP contribution in [0, 0.1) is 5.92 Å². The van der Waals surface area contributed by atoms with Gasteiger partial charge in [0.1, 0.15) is 5.82 Å². The van der Waals surface area contributed by atoms with Crippen molar-refractivity contribution in [2.24, 2.45) is 13.0 Å². The molecule has 2 heterocycles. The van der Waals surface area contributed by atoms with Gasteiger partial charge < -0.3 is 9.80 Å². The summed E-state index contributed by atoms with van der Waals surface area (Å²) in [5.74, 6) is 1.46. The van der Waals surface area contributed by atoms with E-state index in [0.717, 1.165) is 80.0 Å². The lowest BCUT2D eigenvalue weighted by molar-refractivity contribution is -0.143. The van der Waals surface area contributed by atoms with E-state index in [2.05, 4.69) is 46.3 Å². The van der Waals surface area contributed by atoms with Crippen LogP contribution in [0.4, 0.5) is 38.1 Å². The lowest BCUT2D eigenvalue weighted by atomic mass is 9.90. The summed E-state index contributed by atoms with van der Waals surface area (Å²) in [6.45, 7) is 5.75. The van der Waals surface area contributed by atoms with Crippen LogP contribution in [0.25, 0.3) is 0 Å². The van der Waals surface area contributed by atoms with Crippen molar-refractivity contribution in [1.29, 1.82) is 0 Å². The molecule has 0 aliphatic heterocycles. The third-order valence-electron chi connectivity index (χ3n) is 8.34. The first-order valence-electron chi connectivity index (χ1n) is 14.4. The molecule has 0 bridgehead atoms. The van der Waals surface area contributed by atoms with Gasteiger partial charge in [-0.15, -0.1) is 5.10 Å². The largest absolute Gasteiger partial charge is 0.416 e. The molecular weight excluding hydrogens is 572 g/mol. The Kier molecular flexibility index (Phi) is 7.20. The zero-order valence-corrected chi connectivity index (χ0v) is 24.2. The van der Waals surface area contributed by atoms with Crippen molar-refractivity contribution in [3.05, 3.63) is 69.4 Å². The molecular formula is C30H33F6N7. The van der Waals surface area contributed by atoms with Gasteiger partial charge in [-0.05, 0) is 78.6 Å². The number of benzene rings is 1. The van der Waals surface area contributed by atoms with E-state index < -0.39 is 23.5 Å². The second kappa shape index (κ2) is 10.5. The van der Waals surface area contributed by atoms with Gasteiger partial charge >= 0.3 is 12.4 Å². The number of allylic oxidation sites excluding steroid dienone is 1. The highest BCUT2D eigenvalue weighted by molar-refractivity contribution is 5.56. The van der Waals surface area contributed by atoms with E-state index in [0.29, 0.717) is 5.92 Å². The maximum atomic E-state index is 13.7. The summed E-state index contributed by atoms with van der Waals surface area (Å²) in [6, 6.07) is 3.75. The van der Waals surface area contributed by atoms with Crippen LogP contribution in [0.5, 0.6) is 0 Å². The SMILES string of the molecule is Cn1nnc(N(Cc2cc(C(F)(F)F)cc(C(F)(F)F)c2)Cc2cc3c(nc2N(CC2=CC2)CC2CC2)C(C)(C)CC3)n1. The van der Waals surface area contributed by atoms with Crippen molar-refractivity contribution in [1.82, 2.24) is 25.2 Å². The number of nitrogens with zero attached hydrogens (tertiary/aromatic N) is 7. The number of hydrogen-bond acceptors (Lipinski definition) is 6. The van der Waals surface area contributed by atoms with E-state index >= 15 is 0 Å². The van der Waals surface area contributed by atoms with E-state index in [1.165, 1.54) is 10.4 Å². The van der Waals surface area contributed by atoms with Crippen LogP contribution in [0.2, 0.25) is 0 Å². The number of aryl methyl sites for hydroxylation is 2. The Hall–Kier alpha value is -3.64. The van der Waals surface area contributed by atoms with Gasteiger partial charge in [-0.25, -0.2) is 4.98 Å². The van der Waals surface area contributed by atoms with E-state index in [-0.39, 0.29) is 36.1 Å². The van der Waals surface area contributed by atoms with E-state index in [1.54, 1.807) is 11.9 Å². The molecule has 1 fully saturated rings. The van der Waals surface area contributed by atoms with Crippen molar-refractivity contribution in [3.8, 4) is 0 Å². The Balaban J connectivity index is 1.42. The molecule has 1 aromatic carbocycles. The maximum Gasteiger partial charge on any atom is 0.416 e. The first-order valence-corrected chi connectivity index (χ1v) is 14.4. The van der Waals surface area contributed by atoms with Gasteiger partial charge in [0, 0.05) is 37.2 Å². The predicted octanol–water partition coefficient (Wildman–Crippen LogP) is 6.62. The van der Waals surface area contributed by atoms with Crippen LogP contribution >= 0.6 is 0 Å². The number of anilines is 2. The topological polar surface area (TPSA) is 63.0 Å². The minimum Gasteiger partial charge on any atom is -0.352 e. The average Bonchev–Trinajstić information content (AvgIpc) is 3.84. The molecule has 1 saturated carbocycles. The third-order valence-corrected chi connectivity index (χ3v) is 8.34. The predicted molar refractivity (Wildman–Crippen MR) is 148 cm³/mol. The number of hydrogen-bond donors (Lipinski definition) is 0. The van der Waals surface area contributed by atoms with Crippen LogP contribution in [-0.2, 0) is 44.3 Å². The molecule has 0 radical (unpaired) electrons. The van der Waals surface area contributed by atoms with E-state index in [4.69, 9.17) is 4.98 Å².